The number of hydrogen-bond donors (Lipinski definition) is 2. The van der Waals surface area contributed by atoms with Gasteiger partial charge in [-0.25, -0.2) is 0 Å². The van der Waals surface area contributed by atoms with E-state index in [4.69, 9.17) is 10.5 Å². The maximum Gasteiger partial charge on any atom is 0.122 e. The fourth-order valence-electron chi connectivity index (χ4n) is 2.89. The average Bonchev–Trinajstić information content (AvgIpc) is 2.87. The van der Waals surface area contributed by atoms with Crippen molar-refractivity contribution in [2.24, 2.45) is 11.7 Å². The van der Waals surface area contributed by atoms with Crippen LogP contribution in [0.3, 0.4) is 0 Å². The Kier molecular flexibility index (Phi) is 5.02. The van der Waals surface area contributed by atoms with Gasteiger partial charge in [-0.3, -0.25) is 0 Å². The first kappa shape index (κ1) is 13.4. The molecule has 1 aliphatic rings. The minimum absolute atomic E-state index is 0.615. The van der Waals surface area contributed by atoms with E-state index in [-0.39, 0.29) is 0 Å². The van der Waals surface area contributed by atoms with Crippen LogP contribution in [-0.4, -0.2) is 26.2 Å². The molecule has 0 spiro atoms. The van der Waals surface area contributed by atoms with Gasteiger partial charge in [-0.1, -0.05) is 24.6 Å². The van der Waals surface area contributed by atoms with Gasteiger partial charge in [0.15, 0.2) is 0 Å². The third-order valence-electron chi connectivity index (χ3n) is 3.96. The molecular formula is C15H24N2O. The lowest BCUT2D eigenvalue weighted by atomic mass is 10.0. The fraction of sp³-hybridized carbons (Fsp3) is 0.600. The summed E-state index contributed by atoms with van der Waals surface area (Å²) in [6.07, 6.45) is 4.88. The highest BCUT2D eigenvalue weighted by Crippen LogP contribution is 2.24. The number of methoxy groups -OCH3 is 1. The van der Waals surface area contributed by atoms with Crippen LogP contribution in [0.1, 0.15) is 24.8 Å². The Morgan fingerprint density at radius 1 is 1.33 bits per heavy atom. The normalized spacial score (nSPS) is 23.2. The van der Waals surface area contributed by atoms with Gasteiger partial charge in [-0.2, -0.15) is 0 Å². The van der Waals surface area contributed by atoms with Crippen LogP contribution < -0.4 is 15.8 Å². The van der Waals surface area contributed by atoms with Crippen molar-refractivity contribution < 1.29 is 4.74 Å². The van der Waals surface area contributed by atoms with E-state index in [2.05, 4.69) is 17.4 Å². The zero-order chi connectivity index (χ0) is 12.8. The third kappa shape index (κ3) is 3.24. The predicted molar refractivity (Wildman–Crippen MR) is 74.9 cm³/mol. The zero-order valence-electron chi connectivity index (χ0n) is 11.2. The number of para-hydroxylation sites is 1. The summed E-state index contributed by atoms with van der Waals surface area (Å²) in [4.78, 5) is 0. The van der Waals surface area contributed by atoms with E-state index in [0.29, 0.717) is 12.0 Å². The lowest BCUT2D eigenvalue weighted by Gasteiger charge is -2.19. The van der Waals surface area contributed by atoms with Gasteiger partial charge in [-0.15, -0.1) is 0 Å². The van der Waals surface area contributed by atoms with Crippen LogP contribution in [0.25, 0.3) is 0 Å². The van der Waals surface area contributed by atoms with E-state index in [1.807, 2.05) is 12.1 Å². The number of hydrogen-bond acceptors (Lipinski definition) is 3. The second kappa shape index (κ2) is 6.76. The average molecular weight is 248 g/mol. The molecule has 2 unspecified atom stereocenters. The summed E-state index contributed by atoms with van der Waals surface area (Å²) in [6.45, 7) is 1.81. The molecule has 3 nitrogen and oxygen atoms in total. The molecule has 0 amide bonds. The number of nitrogens with two attached hydrogens (primary N) is 1. The van der Waals surface area contributed by atoms with Crippen LogP contribution in [0.15, 0.2) is 24.3 Å². The van der Waals surface area contributed by atoms with Crippen LogP contribution >= 0.6 is 0 Å². The first-order valence-electron chi connectivity index (χ1n) is 6.90. The highest BCUT2D eigenvalue weighted by molar-refractivity contribution is 5.33. The monoisotopic (exact) mass is 248 g/mol. The molecule has 0 saturated heterocycles. The van der Waals surface area contributed by atoms with Crippen molar-refractivity contribution in [2.45, 2.75) is 31.7 Å². The first-order chi connectivity index (χ1) is 8.85. The van der Waals surface area contributed by atoms with Crippen molar-refractivity contribution in [2.75, 3.05) is 20.2 Å². The molecule has 0 aromatic heterocycles. The Morgan fingerprint density at radius 2 is 2.17 bits per heavy atom. The molecule has 3 heteroatoms. The van der Waals surface area contributed by atoms with Crippen molar-refractivity contribution in [3.63, 3.8) is 0 Å². The summed E-state index contributed by atoms with van der Waals surface area (Å²) < 4.78 is 5.36. The largest absolute Gasteiger partial charge is 0.496 e. The number of rotatable bonds is 6. The van der Waals surface area contributed by atoms with E-state index in [1.165, 1.54) is 24.8 Å². The van der Waals surface area contributed by atoms with Crippen LogP contribution in [0.4, 0.5) is 0 Å². The smallest absolute Gasteiger partial charge is 0.122 e. The number of benzene rings is 1. The van der Waals surface area contributed by atoms with E-state index in [1.54, 1.807) is 7.11 Å². The Bertz CT molecular complexity index is 367. The molecule has 0 aliphatic heterocycles. The Labute approximate surface area is 110 Å². The molecule has 0 radical (unpaired) electrons. The molecule has 1 saturated carbocycles. The summed E-state index contributed by atoms with van der Waals surface area (Å²) >= 11 is 0. The van der Waals surface area contributed by atoms with Crippen molar-refractivity contribution in [1.82, 2.24) is 5.32 Å². The van der Waals surface area contributed by atoms with E-state index >= 15 is 0 Å². The lowest BCUT2D eigenvalue weighted by Crippen LogP contribution is -2.37. The predicted octanol–water partition coefficient (Wildman–Crippen LogP) is 1.95. The van der Waals surface area contributed by atoms with Gasteiger partial charge in [-0.05, 0) is 49.9 Å². The number of ether oxygens (including phenoxy) is 1. The topological polar surface area (TPSA) is 47.3 Å². The molecule has 1 aromatic rings. The minimum Gasteiger partial charge on any atom is -0.496 e. The molecule has 2 atom stereocenters. The van der Waals surface area contributed by atoms with Gasteiger partial charge >= 0.3 is 0 Å². The third-order valence-corrected chi connectivity index (χ3v) is 3.96. The second-order valence-electron chi connectivity index (χ2n) is 5.05. The first-order valence-corrected chi connectivity index (χ1v) is 6.90. The van der Waals surface area contributed by atoms with Crippen LogP contribution in [0, 0.1) is 5.92 Å². The van der Waals surface area contributed by atoms with E-state index < -0.39 is 0 Å². The summed E-state index contributed by atoms with van der Waals surface area (Å²) in [5, 5.41) is 3.65. The van der Waals surface area contributed by atoms with Crippen molar-refractivity contribution in [3.05, 3.63) is 29.8 Å². The Morgan fingerprint density at radius 3 is 2.94 bits per heavy atom. The van der Waals surface area contributed by atoms with Crippen LogP contribution in [-0.2, 0) is 6.42 Å². The standard InChI is InChI=1S/C15H24N2O/c1-18-15-8-3-2-5-12(15)9-10-17-14-7-4-6-13(14)11-16/h2-3,5,8,13-14,17H,4,6-7,9-11,16H2,1H3. The Hall–Kier alpha value is -1.06. The van der Waals surface area contributed by atoms with Gasteiger partial charge in [0.05, 0.1) is 7.11 Å². The van der Waals surface area contributed by atoms with Gasteiger partial charge in [0.2, 0.25) is 0 Å². The van der Waals surface area contributed by atoms with Crippen molar-refractivity contribution in [3.8, 4) is 5.75 Å². The van der Waals surface area contributed by atoms with Gasteiger partial charge in [0.1, 0.15) is 5.75 Å². The molecule has 3 N–H and O–H groups in total. The molecule has 1 aliphatic carbocycles. The molecule has 1 aromatic carbocycles. The summed E-state index contributed by atoms with van der Waals surface area (Å²) in [7, 11) is 1.73. The summed E-state index contributed by atoms with van der Waals surface area (Å²) in [6, 6.07) is 8.85. The minimum atomic E-state index is 0.615. The van der Waals surface area contributed by atoms with Gasteiger partial charge < -0.3 is 15.8 Å². The SMILES string of the molecule is COc1ccccc1CCNC1CCCC1CN. The van der Waals surface area contributed by atoms with Gasteiger partial charge in [0.25, 0.3) is 0 Å². The second-order valence-corrected chi connectivity index (χ2v) is 5.05. The van der Waals surface area contributed by atoms with Gasteiger partial charge in [0, 0.05) is 6.04 Å². The lowest BCUT2D eigenvalue weighted by molar-refractivity contribution is 0.398. The molecule has 1 fully saturated rings. The van der Waals surface area contributed by atoms with Crippen molar-refractivity contribution in [1.29, 1.82) is 0 Å². The maximum atomic E-state index is 5.79. The molecule has 2 rings (SSSR count). The zero-order valence-corrected chi connectivity index (χ0v) is 11.2. The maximum absolute atomic E-state index is 5.79. The van der Waals surface area contributed by atoms with E-state index in [0.717, 1.165) is 25.3 Å². The quantitative estimate of drug-likeness (QED) is 0.809. The Balaban J connectivity index is 1.81. The van der Waals surface area contributed by atoms with E-state index in [9.17, 15) is 0 Å². The van der Waals surface area contributed by atoms with Crippen LogP contribution in [0.2, 0.25) is 0 Å². The highest BCUT2D eigenvalue weighted by atomic mass is 16.5. The molecule has 0 heterocycles. The van der Waals surface area contributed by atoms with Crippen LogP contribution in [0.5, 0.6) is 5.75 Å². The highest BCUT2D eigenvalue weighted by Gasteiger charge is 2.25. The molecule has 18 heavy (non-hydrogen) atoms. The molecule has 0 bridgehead atoms. The molecule has 100 valence electrons. The van der Waals surface area contributed by atoms with Crippen molar-refractivity contribution >= 4 is 0 Å². The molecular weight excluding hydrogens is 224 g/mol. The number of nitrogens with one attached hydrogen (secondary N) is 1. The summed E-state index contributed by atoms with van der Waals surface area (Å²) in [5.41, 5.74) is 7.07. The fourth-order valence-corrected chi connectivity index (χ4v) is 2.89. The summed E-state index contributed by atoms with van der Waals surface area (Å²) in [5.74, 6) is 1.66.